The summed E-state index contributed by atoms with van der Waals surface area (Å²) in [5.74, 6) is 0.206. The molecule has 2 N–H and O–H groups in total. The van der Waals surface area contributed by atoms with Crippen LogP contribution < -0.4 is 10.9 Å². The zero-order valence-electron chi connectivity index (χ0n) is 11.0. The third-order valence-electron chi connectivity index (χ3n) is 3.01. The Labute approximate surface area is 123 Å². The van der Waals surface area contributed by atoms with Crippen molar-refractivity contribution in [2.45, 2.75) is 13.5 Å². The van der Waals surface area contributed by atoms with E-state index in [1.807, 2.05) is 0 Å². The average molecular weight is 308 g/mol. The highest BCUT2D eigenvalue weighted by Crippen LogP contribution is 2.11. The van der Waals surface area contributed by atoms with Crippen LogP contribution in [0.2, 0.25) is 5.02 Å². The second-order valence-corrected chi connectivity index (χ2v) is 4.85. The summed E-state index contributed by atoms with van der Waals surface area (Å²) >= 11 is 5.85. The van der Waals surface area contributed by atoms with E-state index < -0.39 is 5.56 Å². The van der Waals surface area contributed by atoms with Crippen molar-refractivity contribution in [3.05, 3.63) is 56.7 Å². The summed E-state index contributed by atoms with van der Waals surface area (Å²) in [6, 6.07) is 6.41. The zero-order valence-corrected chi connectivity index (χ0v) is 11.8. The van der Waals surface area contributed by atoms with Crippen LogP contribution in [0, 0.1) is 12.7 Å². The van der Waals surface area contributed by atoms with Crippen LogP contribution >= 0.6 is 11.6 Å². The summed E-state index contributed by atoms with van der Waals surface area (Å²) in [6.07, 6.45) is 0. The summed E-state index contributed by atoms with van der Waals surface area (Å²) in [7, 11) is 0. The van der Waals surface area contributed by atoms with Gasteiger partial charge in [-0.15, -0.1) is 0 Å². The lowest BCUT2D eigenvalue weighted by atomic mass is 10.2. The van der Waals surface area contributed by atoms with Crippen LogP contribution in [0.15, 0.2) is 29.1 Å². The second kappa shape index (κ2) is 5.17. The van der Waals surface area contributed by atoms with E-state index in [9.17, 15) is 9.18 Å². The van der Waals surface area contributed by atoms with E-state index in [1.54, 1.807) is 25.1 Å². The van der Waals surface area contributed by atoms with E-state index in [4.69, 9.17) is 11.6 Å². The molecule has 21 heavy (non-hydrogen) atoms. The number of rotatable bonds is 3. The van der Waals surface area contributed by atoms with Crippen LogP contribution in [-0.2, 0) is 6.54 Å². The molecule has 2 aromatic heterocycles. The number of hydrogen-bond acceptors (Lipinski definition) is 4. The van der Waals surface area contributed by atoms with E-state index in [0.29, 0.717) is 17.2 Å². The molecule has 0 fully saturated rings. The first kappa shape index (κ1) is 13.6. The number of aromatic nitrogens is 4. The Bertz CT molecular complexity index is 873. The van der Waals surface area contributed by atoms with Gasteiger partial charge in [-0.2, -0.15) is 9.50 Å². The van der Waals surface area contributed by atoms with Crippen LogP contribution in [-0.4, -0.2) is 19.6 Å². The third-order valence-corrected chi connectivity index (χ3v) is 3.45. The van der Waals surface area contributed by atoms with Gasteiger partial charge in [0.15, 0.2) is 0 Å². The first-order chi connectivity index (χ1) is 10.1. The summed E-state index contributed by atoms with van der Waals surface area (Å²) in [4.78, 5) is 20.2. The standard InChI is InChI=1S/C13H11ClFN5O/c1-7-10(14)11(21)20-13(17-7)18-12(19-20)16-6-8-4-2-3-5-9(8)15/h2-5H,6H2,1H3,(H2,16,17,18,19). The molecular weight excluding hydrogens is 297 g/mol. The SMILES string of the molecule is Cc1nc2nc(NCc3ccccc3F)[nH]n2c(=O)c1Cl. The lowest BCUT2D eigenvalue weighted by Crippen LogP contribution is -2.17. The van der Waals surface area contributed by atoms with Crippen molar-refractivity contribution in [3.63, 3.8) is 0 Å². The predicted octanol–water partition coefficient (Wildman–Crippen LogP) is 2.13. The van der Waals surface area contributed by atoms with Crippen LogP contribution in [0.25, 0.3) is 5.78 Å². The number of halogens is 2. The molecule has 8 heteroatoms. The largest absolute Gasteiger partial charge is 0.350 e. The Kier molecular flexibility index (Phi) is 3.34. The number of anilines is 1. The number of H-pyrrole nitrogens is 1. The number of benzene rings is 1. The van der Waals surface area contributed by atoms with Crippen molar-refractivity contribution >= 4 is 23.3 Å². The Morgan fingerprint density at radius 2 is 2.14 bits per heavy atom. The normalized spacial score (nSPS) is 11.0. The Hall–Kier alpha value is -2.41. The molecule has 0 bridgehead atoms. The molecule has 0 radical (unpaired) electrons. The van der Waals surface area contributed by atoms with E-state index in [2.05, 4.69) is 20.4 Å². The molecule has 0 aliphatic carbocycles. The number of hydrogen-bond donors (Lipinski definition) is 2. The monoisotopic (exact) mass is 307 g/mol. The maximum Gasteiger partial charge on any atom is 0.293 e. The Morgan fingerprint density at radius 3 is 2.90 bits per heavy atom. The van der Waals surface area contributed by atoms with Gasteiger partial charge in [0.05, 0.1) is 5.69 Å². The molecule has 0 saturated carbocycles. The van der Waals surface area contributed by atoms with Gasteiger partial charge in [0.1, 0.15) is 10.8 Å². The third kappa shape index (κ3) is 2.47. The van der Waals surface area contributed by atoms with E-state index in [-0.39, 0.29) is 23.2 Å². The predicted molar refractivity (Wildman–Crippen MR) is 77.1 cm³/mol. The van der Waals surface area contributed by atoms with Crippen molar-refractivity contribution in [2.75, 3.05) is 5.32 Å². The van der Waals surface area contributed by atoms with Gasteiger partial charge in [-0.25, -0.2) is 9.37 Å². The van der Waals surface area contributed by atoms with Gasteiger partial charge >= 0.3 is 0 Å². The van der Waals surface area contributed by atoms with Crippen molar-refractivity contribution in [2.24, 2.45) is 0 Å². The lowest BCUT2D eigenvalue weighted by molar-refractivity contribution is 0.612. The molecule has 0 saturated heterocycles. The van der Waals surface area contributed by atoms with Gasteiger partial charge in [0, 0.05) is 12.1 Å². The van der Waals surface area contributed by atoms with Gasteiger partial charge < -0.3 is 5.32 Å². The topological polar surface area (TPSA) is 75.1 Å². The highest BCUT2D eigenvalue weighted by molar-refractivity contribution is 6.31. The van der Waals surface area contributed by atoms with Gasteiger partial charge in [-0.3, -0.25) is 9.89 Å². The molecule has 1 aromatic carbocycles. The minimum absolute atomic E-state index is 0.0387. The average Bonchev–Trinajstić information content (AvgIpc) is 2.87. The number of nitrogens with one attached hydrogen (secondary N) is 2. The fraction of sp³-hybridized carbons (Fsp3) is 0.154. The van der Waals surface area contributed by atoms with Gasteiger partial charge in [-0.1, -0.05) is 29.8 Å². The zero-order chi connectivity index (χ0) is 15.0. The first-order valence-electron chi connectivity index (χ1n) is 6.18. The Balaban J connectivity index is 1.91. The number of aryl methyl sites for hydroxylation is 1. The van der Waals surface area contributed by atoms with Gasteiger partial charge in [0.25, 0.3) is 11.3 Å². The number of nitrogens with zero attached hydrogens (tertiary/aromatic N) is 3. The van der Waals surface area contributed by atoms with E-state index in [1.165, 1.54) is 6.07 Å². The van der Waals surface area contributed by atoms with Crippen LogP contribution in [0.3, 0.4) is 0 Å². The summed E-state index contributed by atoms with van der Waals surface area (Å²) in [6.45, 7) is 1.86. The molecule has 3 aromatic rings. The van der Waals surface area contributed by atoms with Gasteiger partial charge in [-0.05, 0) is 13.0 Å². The van der Waals surface area contributed by atoms with E-state index in [0.717, 1.165) is 4.52 Å². The highest BCUT2D eigenvalue weighted by atomic mass is 35.5. The summed E-state index contributed by atoms with van der Waals surface area (Å²) in [5, 5.41) is 5.68. The number of aromatic amines is 1. The molecule has 0 amide bonds. The van der Waals surface area contributed by atoms with E-state index >= 15 is 0 Å². The fourth-order valence-electron chi connectivity index (χ4n) is 1.90. The van der Waals surface area contributed by atoms with Crippen molar-refractivity contribution in [3.8, 4) is 0 Å². The quantitative estimate of drug-likeness (QED) is 0.777. The molecule has 2 heterocycles. The van der Waals surface area contributed by atoms with Crippen molar-refractivity contribution in [1.82, 2.24) is 19.6 Å². The Morgan fingerprint density at radius 1 is 1.38 bits per heavy atom. The molecule has 0 spiro atoms. The molecule has 0 aliphatic rings. The smallest absolute Gasteiger partial charge is 0.293 e. The van der Waals surface area contributed by atoms with Crippen LogP contribution in [0.1, 0.15) is 11.3 Å². The maximum absolute atomic E-state index is 13.5. The molecule has 108 valence electrons. The van der Waals surface area contributed by atoms with Crippen molar-refractivity contribution in [1.29, 1.82) is 0 Å². The van der Waals surface area contributed by atoms with Crippen molar-refractivity contribution < 1.29 is 4.39 Å². The maximum atomic E-state index is 13.5. The first-order valence-corrected chi connectivity index (χ1v) is 6.56. The molecule has 0 unspecified atom stereocenters. The lowest BCUT2D eigenvalue weighted by Gasteiger charge is -2.03. The van der Waals surface area contributed by atoms with Gasteiger partial charge in [0.2, 0.25) is 5.95 Å². The number of fused-ring (bicyclic) bond motifs is 1. The molecule has 0 aliphatic heterocycles. The van der Waals surface area contributed by atoms with Crippen LogP contribution in [0.4, 0.5) is 10.3 Å². The minimum atomic E-state index is -0.425. The fourth-order valence-corrected chi connectivity index (χ4v) is 2.03. The molecule has 0 atom stereocenters. The molecule has 6 nitrogen and oxygen atoms in total. The highest BCUT2D eigenvalue weighted by Gasteiger charge is 2.11. The summed E-state index contributed by atoms with van der Waals surface area (Å²) in [5.41, 5.74) is 0.479. The molecule has 3 rings (SSSR count). The second-order valence-electron chi connectivity index (χ2n) is 4.47. The minimum Gasteiger partial charge on any atom is -0.350 e. The molecular formula is C13H11ClFN5O. The summed E-state index contributed by atoms with van der Waals surface area (Å²) < 4.78 is 14.6. The van der Waals surface area contributed by atoms with Crippen LogP contribution in [0.5, 0.6) is 0 Å².